The van der Waals surface area contributed by atoms with E-state index in [9.17, 15) is 9.18 Å². The summed E-state index contributed by atoms with van der Waals surface area (Å²) in [6.45, 7) is 3.47. The molecule has 2 saturated heterocycles. The Kier molecular flexibility index (Phi) is 4.72. The van der Waals surface area contributed by atoms with Gasteiger partial charge < -0.3 is 10.2 Å². The maximum absolute atomic E-state index is 13.8. The first-order valence-electron chi connectivity index (χ1n) is 6.55. The fourth-order valence-electron chi connectivity index (χ4n) is 3.09. The summed E-state index contributed by atoms with van der Waals surface area (Å²) in [7, 11) is 0. The van der Waals surface area contributed by atoms with Crippen LogP contribution in [0.1, 0.15) is 23.2 Å². The van der Waals surface area contributed by atoms with Gasteiger partial charge in [0.25, 0.3) is 5.91 Å². The van der Waals surface area contributed by atoms with Crippen molar-refractivity contribution >= 4 is 34.2 Å². The first kappa shape index (κ1) is 15.7. The van der Waals surface area contributed by atoms with Gasteiger partial charge in [0.1, 0.15) is 5.82 Å². The maximum Gasteiger partial charge on any atom is 0.256 e. The molecule has 1 atom stereocenters. The van der Waals surface area contributed by atoms with E-state index in [-0.39, 0.29) is 29.3 Å². The Balaban J connectivity index is 0.00000147. The molecule has 2 aliphatic rings. The SMILES string of the molecule is Cl.O=C(c1ccc(Br)cc1F)N1CCC2(CCNC2)C1. The van der Waals surface area contributed by atoms with E-state index >= 15 is 0 Å². The number of nitrogens with zero attached hydrogens (tertiary/aromatic N) is 1. The summed E-state index contributed by atoms with van der Waals surface area (Å²) in [4.78, 5) is 14.2. The summed E-state index contributed by atoms with van der Waals surface area (Å²) >= 11 is 3.20. The fourth-order valence-corrected chi connectivity index (χ4v) is 3.42. The summed E-state index contributed by atoms with van der Waals surface area (Å²) in [6.07, 6.45) is 2.13. The van der Waals surface area contributed by atoms with Crippen LogP contribution in [0.5, 0.6) is 0 Å². The third-order valence-corrected chi connectivity index (χ3v) is 4.71. The van der Waals surface area contributed by atoms with Crippen LogP contribution in [0.25, 0.3) is 0 Å². The highest BCUT2D eigenvalue weighted by atomic mass is 79.9. The van der Waals surface area contributed by atoms with Gasteiger partial charge in [0, 0.05) is 29.5 Å². The summed E-state index contributed by atoms with van der Waals surface area (Å²) in [5, 5.41) is 3.35. The highest BCUT2D eigenvalue weighted by Gasteiger charge is 2.42. The second-order valence-corrected chi connectivity index (χ2v) is 6.44. The van der Waals surface area contributed by atoms with Crippen molar-refractivity contribution in [3.63, 3.8) is 0 Å². The van der Waals surface area contributed by atoms with Crippen LogP contribution in [0.15, 0.2) is 22.7 Å². The smallest absolute Gasteiger partial charge is 0.256 e. The van der Waals surface area contributed by atoms with E-state index in [4.69, 9.17) is 0 Å². The highest BCUT2D eigenvalue weighted by molar-refractivity contribution is 9.10. The first-order chi connectivity index (χ1) is 9.10. The van der Waals surface area contributed by atoms with E-state index in [1.165, 1.54) is 6.07 Å². The van der Waals surface area contributed by atoms with Crippen LogP contribution >= 0.6 is 28.3 Å². The molecule has 1 N–H and O–H groups in total. The number of nitrogens with one attached hydrogen (secondary N) is 1. The number of benzene rings is 1. The zero-order chi connectivity index (χ0) is 13.5. The summed E-state index contributed by atoms with van der Waals surface area (Å²) in [6, 6.07) is 4.61. The number of hydrogen-bond acceptors (Lipinski definition) is 2. The number of carbonyl (C=O) groups excluding carboxylic acids is 1. The quantitative estimate of drug-likeness (QED) is 0.832. The first-order valence-corrected chi connectivity index (χ1v) is 7.34. The van der Waals surface area contributed by atoms with E-state index < -0.39 is 5.82 Å². The molecule has 1 aromatic rings. The minimum absolute atomic E-state index is 0. The van der Waals surface area contributed by atoms with Gasteiger partial charge in [-0.1, -0.05) is 15.9 Å². The minimum Gasteiger partial charge on any atom is -0.338 e. The van der Waals surface area contributed by atoms with Crippen LogP contribution in [-0.2, 0) is 0 Å². The van der Waals surface area contributed by atoms with Crippen LogP contribution in [0.4, 0.5) is 4.39 Å². The Bertz CT molecular complexity index is 520. The van der Waals surface area contributed by atoms with Gasteiger partial charge in [-0.25, -0.2) is 4.39 Å². The molecule has 1 aromatic carbocycles. The van der Waals surface area contributed by atoms with Crippen molar-refractivity contribution < 1.29 is 9.18 Å². The van der Waals surface area contributed by atoms with E-state index in [0.29, 0.717) is 4.47 Å². The lowest BCUT2D eigenvalue weighted by Crippen LogP contribution is -2.33. The van der Waals surface area contributed by atoms with Gasteiger partial charge in [-0.2, -0.15) is 0 Å². The Labute approximate surface area is 132 Å². The lowest BCUT2D eigenvalue weighted by atomic mass is 9.86. The molecule has 2 aliphatic heterocycles. The zero-order valence-corrected chi connectivity index (χ0v) is 13.4. The average Bonchev–Trinajstić information content (AvgIpc) is 3.00. The maximum atomic E-state index is 13.8. The normalized spacial score (nSPS) is 25.0. The topological polar surface area (TPSA) is 32.3 Å². The molecule has 0 radical (unpaired) electrons. The van der Waals surface area contributed by atoms with Crippen molar-refractivity contribution in [2.45, 2.75) is 12.8 Å². The molecule has 1 spiro atoms. The third kappa shape index (κ3) is 2.85. The third-order valence-electron chi connectivity index (χ3n) is 4.22. The molecule has 0 saturated carbocycles. The average molecular weight is 364 g/mol. The zero-order valence-electron chi connectivity index (χ0n) is 11.0. The van der Waals surface area contributed by atoms with Crippen LogP contribution < -0.4 is 5.32 Å². The Morgan fingerprint density at radius 2 is 2.20 bits per heavy atom. The van der Waals surface area contributed by atoms with Crippen LogP contribution in [0.2, 0.25) is 0 Å². The van der Waals surface area contributed by atoms with Crippen molar-refractivity contribution in [3.05, 3.63) is 34.1 Å². The van der Waals surface area contributed by atoms with Crippen LogP contribution in [0, 0.1) is 11.2 Å². The number of hydrogen-bond donors (Lipinski definition) is 1. The van der Waals surface area contributed by atoms with Gasteiger partial charge in [-0.15, -0.1) is 12.4 Å². The van der Waals surface area contributed by atoms with Crippen LogP contribution in [-0.4, -0.2) is 37.0 Å². The van der Waals surface area contributed by atoms with Gasteiger partial charge in [0.2, 0.25) is 0 Å². The molecule has 110 valence electrons. The van der Waals surface area contributed by atoms with Crippen molar-refractivity contribution in [3.8, 4) is 0 Å². The van der Waals surface area contributed by atoms with Gasteiger partial charge in [0.05, 0.1) is 5.56 Å². The Morgan fingerprint density at radius 1 is 1.40 bits per heavy atom. The molecule has 0 aromatic heterocycles. The molecule has 3 nitrogen and oxygen atoms in total. The predicted octanol–water partition coefficient (Wildman–Crippen LogP) is 2.84. The number of carbonyl (C=O) groups is 1. The summed E-state index contributed by atoms with van der Waals surface area (Å²) in [5.74, 6) is -0.640. The Morgan fingerprint density at radius 3 is 2.85 bits per heavy atom. The second kappa shape index (κ2) is 6.00. The lowest BCUT2D eigenvalue weighted by molar-refractivity contribution is 0.0771. The fraction of sp³-hybridized carbons (Fsp3) is 0.500. The molecular weight excluding hydrogens is 347 g/mol. The lowest BCUT2D eigenvalue weighted by Gasteiger charge is -2.23. The number of halogens is 3. The molecule has 20 heavy (non-hydrogen) atoms. The van der Waals surface area contributed by atoms with Crippen molar-refractivity contribution in [2.24, 2.45) is 5.41 Å². The molecule has 6 heteroatoms. The monoisotopic (exact) mass is 362 g/mol. The van der Waals surface area contributed by atoms with E-state index in [1.54, 1.807) is 17.0 Å². The largest absolute Gasteiger partial charge is 0.338 e. The highest BCUT2D eigenvalue weighted by Crippen LogP contribution is 2.36. The molecule has 2 heterocycles. The standard InChI is InChI=1S/C14H16BrFN2O.ClH/c15-10-1-2-11(12(16)7-10)13(19)18-6-4-14(9-18)3-5-17-8-14;/h1-2,7,17H,3-6,8-9H2;1H. The van der Waals surface area contributed by atoms with E-state index in [0.717, 1.165) is 39.0 Å². The number of likely N-dealkylation sites (tertiary alicyclic amines) is 1. The predicted molar refractivity (Wildman–Crippen MR) is 81.8 cm³/mol. The molecule has 2 fully saturated rings. The molecule has 1 unspecified atom stereocenters. The molecular formula is C14H17BrClFN2O. The van der Waals surface area contributed by atoms with Gasteiger partial charge in [-0.3, -0.25) is 4.79 Å². The Hall–Kier alpha value is -0.650. The van der Waals surface area contributed by atoms with Crippen molar-refractivity contribution in [2.75, 3.05) is 26.2 Å². The molecule has 3 rings (SSSR count). The van der Waals surface area contributed by atoms with E-state index in [1.807, 2.05) is 0 Å². The van der Waals surface area contributed by atoms with E-state index in [2.05, 4.69) is 21.2 Å². The molecule has 1 amide bonds. The molecule has 0 aliphatic carbocycles. The van der Waals surface area contributed by atoms with Gasteiger partial charge in [-0.05, 0) is 37.6 Å². The second-order valence-electron chi connectivity index (χ2n) is 5.53. The van der Waals surface area contributed by atoms with Gasteiger partial charge in [0.15, 0.2) is 0 Å². The van der Waals surface area contributed by atoms with Crippen molar-refractivity contribution in [1.82, 2.24) is 10.2 Å². The van der Waals surface area contributed by atoms with Gasteiger partial charge >= 0.3 is 0 Å². The minimum atomic E-state index is -0.454. The summed E-state index contributed by atoms with van der Waals surface area (Å²) in [5.41, 5.74) is 0.396. The van der Waals surface area contributed by atoms with Crippen molar-refractivity contribution in [1.29, 1.82) is 0 Å². The number of amides is 1. The molecule has 0 bridgehead atoms. The summed E-state index contributed by atoms with van der Waals surface area (Å²) < 4.78 is 14.5. The van der Waals surface area contributed by atoms with Crippen LogP contribution in [0.3, 0.4) is 0 Å². The number of rotatable bonds is 1.